The van der Waals surface area contributed by atoms with Gasteiger partial charge in [-0.25, -0.2) is 9.97 Å². The zero-order valence-electron chi connectivity index (χ0n) is 15.1. The van der Waals surface area contributed by atoms with Crippen LogP contribution >= 0.6 is 11.6 Å². The van der Waals surface area contributed by atoms with Gasteiger partial charge in [-0.1, -0.05) is 23.7 Å². The van der Waals surface area contributed by atoms with E-state index in [0.717, 1.165) is 22.4 Å². The van der Waals surface area contributed by atoms with Crippen LogP contribution in [0.2, 0.25) is 5.02 Å². The third-order valence-electron chi connectivity index (χ3n) is 4.39. The van der Waals surface area contributed by atoms with Crippen LogP contribution in [0.1, 0.15) is 33.4 Å². The SMILES string of the molecule is Cc1[nH]c(C(=O)N[C@H](CN)c2cccc(Cl)c2)c(C)c1-c1ccnc(N)n1. The molecule has 0 saturated heterocycles. The number of rotatable bonds is 5. The van der Waals surface area contributed by atoms with E-state index in [9.17, 15) is 4.79 Å². The number of aromatic amines is 1. The molecule has 8 heteroatoms. The molecule has 3 aromatic rings. The Morgan fingerprint density at radius 3 is 2.78 bits per heavy atom. The van der Waals surface area contributed by atoms with Crippen molar-refractivity contribution in [2.45, 2.75) is 19.9 Å². The van der Waals surface area contributed by atoms with Crippen molar-refractivity contribution in [1.82, 2.24) is 20.3 Å². The number of H-pyrrole nitrogens is 1. The first-order valence-corrected chi connectivity index (χ1v) is 8.83. The number of nitrogen functional groups attached to an aromatic ring is 1. The molecular weight excluding hydrogens is 364 g/mol. The number of halogens is 1. The molecule has 3 rings (SSSR count). The van der Waals surface area contributed by atoms with Crippen molar-refractivity contribution in [1.29, 1.82) is 0 Å². The van der Waals surface area contributed by atoms with Gasteiger partial charge in [-0.3, -0.25) is 4.79 Å². The molecule has 0 aliphatic heterocycles. The van der Waals surface area contributed by atoms with Crippen LogP contribution in [0.15, 0.2) is 36.5 Å². The summed E-state index contributed by atoms with van der Waals surface area (Å²) in [6.45, 7) is 4.00. The molecule has 0 aliphatic rings. The fraction of sp³-hybridized carbons (Fsp3) is 0.211. The quantitative estimate of drug-likeness (QED) is 0.538. The highest BCUT2D eigenvalue weighted by Crippen LogP contribution is 2.28. The maximum Gasteiger partial charge on any atom is 0.268 e. The number of anilines is 1. The van der Waals surface area contributed by atoms with Crippen molar-refractivity contribution in [3.63, 3.8) is 0 Å². The van der Waals surface area contributed by atoms with Crippen LogP contribution < -0.4 is 16.8 Å². The summed E-state index contributed by atoms with van der Waals surface area (Å²) in [4.78, 5) is 24.2. The molecule has 140 valence electrons. The summed E-state index contributed by atoms with van der Waals surface area (Å²) in [6.07, 6.45) is 1.59. The Labute approximate surface area is 162 Å². The highest BCUT2D eigenvalue weighted by molar-refractivity contribution is 6.30. The van der Waals surface area contributed by atoms with Gasteiger partial charge in [-0.2, -0.15) is 0 Å². The normalized spacial score (nSPS) is 12.0. The predicted octanol–water partition coefficient (Wildman–Crippen LogP) is 2.75. The van der Waals surface area contributed by atoms with Crippen molar-refractivity contribution < 1.29 is 4.79 Å². The van der Waals surface area contributed by atoms with Gasteiger partial charge in [0.25, 0.3) is 5.91 Å². The number of benzene rings is 1. The maximum atomic E-state index is 12.9. The largest absolute Gasteiger partial charge is 0.368 e. The van der Waals surface area contributed by atoms with Crippen LogP contribution in [0.3, 0.4) is 0 Å². The smallest absolute Gasteiger partial charge is 0.268 e. The van der Waals surface area contributed by atoms with E-state index in [-0.39, 0.29) is 24.4 Å². The minimum absolute atomic E-state index is 0.183. The standard InChI is InChI=1S/C19H21ClN6O/c1-10-16(14-6-7-23-19(22)26-14)11(2)24-17(10)18(27)25-15(9-21)12-4-3-5-13(20)8-12/h3-8,15,24H,9,21H2,1-2H3,(H,25,27)(H2,22,23,26)/t15-/m1/s1. The van der Waals surface area contributed by atoms with Crippen molar-refractivity contribution in [2.24, 2.45) is 5.73 Å². The lowest BCUT2D eigenvalue weighted by molar-refractivity contribution is 0.0932. The molecule has 0 unspecified atom stereocenters. The zero-order chi connectivity index (χ0) is 19.6. The van der Waals surface area contributed by atoms with Gasteiger partial charge in [0, 0.05) is 29.0 Å². The van der Waals surface area contributed by atoms with Crippen molar-refractivity contribution in [3.8, 4) is 11.3 Å². The van der Waals surface area contributed by atoms with Gasteiger partial charge in [0.15, 0.2) is 0 Å². The zero-order valence-corrected chi connectivity index (χ0v) is 15.8. The predicted molar refractivity (Wildman–Crippen MR) is 106 cm³/mol. The minimum Gasteiger partial charge on any atom is -0.368 e. The number of nitrogens with two attached hydrogens (primary N) is 2. The van der Waals surface area contributed by atoms with Crippen molar-refractivity contribution in [2.75, 3.05) is 12.3 Å². The first kappa shape index (κ1) is 18.9. The van der Waals surface area contributed by atoms with Gasteiger partial charge < -0.3 is 21.8 Å². The van der Waals surface area contributed by atoms with E-state index in [2.05, 4.69) is 20.3 Å². The van der Waals surface area contributed by atoms with Crippen LogP contribution in [0, 0.1) is 13.8 Å². The minimum atomic E-state index is -0.350. The second-order valence-electron chi connectivity index (χ2n) is 6.24. The molecule has 2 heterocycles. The second-order valence-corrected chi connectivity index (χ2v) is 6.68. The number of hydrogen-bond acceptors (Lipinski definition) is 5. The van der Waals surface area contributed by atoms with Crippen LogP contribution in [0.5, 0.6) is 0 Å². The van der Waals surface area contributed by atoms with Gasteiger partial charge in [0.05, 0.1) is 11.7 Å². The van der Waals surface area contributed by atoms with Crippen LogP contribution in [0.4, 0.5) is 5.95 Å². The molecule has 0 fully saturated rings. The average molecular weight is 385 g/mol. The average Bonchev–Trinajstić information content (AvgIpc) is 2.94. The van der Waals surface area contributed by atoms with E-state index in [1.807, 2.05) is 26.0 Å². The number of nitrogens with zero attached hydrogens (tertiary/aromatic N) is 2. The lowest BCUT2D eigenvalue weighted by Gasteiger charge is -2.17. The Kier molecular flexibility index (Phi) is 5.43. The number of amides is 1. The van der Waals surface area contributed by atoms with E-state index in [0.29, 0.717) is 16.4 Å². The fourth-order valence-electron chi connectivity index (χ4n) is 3.11. The summed E-state index contributed by atoms with van der Waals surface area (Å²) in [7, 11) is 0. The Bertz CT molecular complexity index is 984. The summed E-state index contributed by atoms with van der Waals surface area (Å²) < 4.78 is 0. The Morgan fingerprint density at radius 1 is 1.33 bits per heavy atom. The third-order valence-corrected chi connectivity index (χ3v) is 4.62. The summed E-state index contributed by atoms with van der Waals surface area (Å²) in [5.41, 5.74) is 16.0. The van der Waals surface area contributed by atoms with E-state index in [1.165, 1.54) is 0 Å². The lowest BCUT2D eigenvalue weighted by atomic mass is 10.0. The van der Waals surface area contributed by atoms with E-state index in [1.54, 1.807) is 24.4 Å². The summed E-state index contributed by atoms with van der Waals surface area (Å²) in [6, 6.07) is 8.69. The molecule has 6 N–H and O–H groups in total. The van der Waals surface area contributed by atoms with Crippen LogP contribution in [0.25, 0.3) is 11.3 Å². The van der Waals surface area contributed by atoms with Gasteiger partial charge in [0.1, 0.15) is 5.69 Å². The van der Waals surface area contributed by atoms with Crippen molar-refractivity contribution in [3.05, 3.63) is 64.1 Å². The second kappa shape index (κ2) is 7.77. The number of aryl methyl sites for hydroxylation is 1. The molecule has 0 spiro atoms. The first-order valence-electron chi connectivity index (χ1n) is 8.45. The number of hydrogen-bond donors (Lipinski definition) is 4. The van der Waals surface area contributed by atoms with Gasteiger partial charge in [-0.05, 0) is 43.2 Å². The Balaban J connectivity index is 1.90. The molecule has 0 aliphatic carbocycles. The molecule has 1 atom stereocenters. The lowest BCUT2D eigenvalue weighted by Crippen LogP contribution is -2.34. The van der Waals surface area contributed by atoms with E-state index < -0.39 is 0 Å². The molecule has 2 aromatic heterocycles. The molecule has 1 aromatic carbocycles. The number of carbonyl (C=O) groups is 1. The topological polar surface area (TPSA) is 123 Å². The number of aromatic nitrogens is 3. The van der Waals surface area contributed by atoms with E-state index in [4.69, 9.17) is 23.1 Å². The molecule has 0 bridgehead atoms. The number of carbonyl (C=O) groups excluding carboxylic acids is 1. The van der Waals surface area contributed by atoms with E-state index >= 15 is 0 Å². The third kappa shape index (κ3) is 3.94. The first-order chi connectivity index (χ1) is 12.9. The Hall–Kier alpha value is -2.90. The number of nitrogens with one attached hydrogen (secondary N) is 2. The summed E-state index contributed by atoms with van der Waals surface area (Å²) in [5, 5.41) is 3.55. The van der Waals surface area contributed by atoms with Crippen LogP contribution in [-0.4, -0.2) is 27.4 Å². The fourth-order valence-corrected chi connectivity index (χ4v) is 3.31. The van der Waals surface area contributed by atoms with Gasteiger partial charge >= 0.3 is 0 Å². The van der Waals surface area contributed by atoms with Crippen LogP contribution in [-0.2, 0) is 0 Å². The molecule has 1 amide bonds. The molecular formula is C19H21ClN6O. The van der Waals surface area contributed by atoms with Crippen molar-refractivity contribution >= 4 is 23.5 Å². The molecule has 0 saturated carbocycles. The van der Waals surface area contributed by atoms with Gasteiger partial charge in [0.2, 0.25) is 5.95 Å². The molecule has 7 nitrogen and oxygen atoms in total. The maximum absolute atomic E-state index is 12.9. The molecule has 27 heavy (non-hydrogen) atoms. The highest BCUT2D eigenvalue weighted by atomic mass is 35.5. The highest BCUT2D eigenvalue weighted by Gasteiger charge is 2.22. The van der Waals surface area contributed by atoms with Gasteiger partial charge in [-0.15, -0.1) is 0 Å². The summed E-state index contributed by atoms with van der Waals surface area (Å²) in [5.74, 6) is -0.0676. The summed E-state index contributed by atoms with van der Waals surface area (Å²) >= 11 is 6.05. The Morgan fingerprint density at radius 2 is 2.11 bits per heavy atom. The monoisotopic (exact) mass is 384 g/mol. The molecule has 0 radical (unpaired) electrons.